The van der Waals surface area contributed by atoms with Crippen LogP contribution in [-0.4, -0.2) is 48.3 Å². The third-order valence-corrected chi connectivity index (χ3v) is 5.38. The van der Waals surface area contributed by atoms with Crippen molar-refractivity contribution in [2.24, 2.45) is 5.92 Å². The van der Waals surface area contributed by atoms with E-state index in [4.69, 9.17) is 0 Å². The van der Waals surface area contributed by atoms with E-state index in [0.717, 1.165) is 31.7 Å². The van der Waals surface area contributed by atoms with Gasteiger partial charge in [0.2, 0.25) is 0 Å². The predicted octanol–water partition coefficient (Wildman–Crippen LogP) is 3.42. The van der Waals surface area contributed by atoms with E-state index >= 15 is 0 Å². The van der Waals surface area contributed by atoms with Gasteiger partial charge in [-0.25, -0.2) is 0 Å². The molecule has 21 heavy (non-hydrogen) atoms. The Hall–Kier alpha value is -0.120. The van der Waals surface area contributed by atoms with Crippen LogP contribution in [0.3, 0.4) is 0 Å². The zero-order chi connectivity index (χ0) is 15.6. The van der Waals surface area contributed by atoms with Crippen molar-refractivity contribution in [2.45, 2.75) is 77.7 Å². The molecule has 1 saturated heterocycles. The second-order valence-corrected chi connectivity index (χ2v) is 6.87. The summed E-state index contributed by atoms with van der Waals surface area (Å²) in [6.45, 7) is 11.7. The van der Waals surface area contributed by atoms with Gasteiger partial charge in [0.1, 0.15) is 0 Å². The van der Waals surface area contributed by atoms with Gasteiger partial charge in [0.05, 0.1) is 6.61 Å². The summed E-state index contributed by atoms with van der Waals surface area (Å²) >= 11 is 0. The molecule has 0 bridgehead atoms. The standard InChI is InChI=1S/C18H38N2O/c1-4-12-19-18(6-3,16-21)11-8-14-20-13-7-9-17(5-2)10-15-20/h17,19,21H,4-16H2,1-3H3. The first kappa shape index (κ1) is 18.9. The lowest BCUT2D eigenvalue weighted by molar-refractivity contribution is 0.138. The number of aliphatic hydroxyl groups excluding tert-OH is 1. The van der Waals surface area contributed by atoms with Crippen molar-refractivity contribution in [3.05, 3.63) is 0 Å². The molecule has 2 atom stereocenters. The van der Waals surface area contributed by atoms with Crippen LogP contribution in [-0.2, 0) is 0 Å². The number of hydrogen-bond donors (Lipinski definition) is 2. The van der Waals surface area contributed by atoms with Crippen LogP contribution in [0.15, 0.2) is 0 Å². The van der Waals surface area contributed by atoms with Gasteiger partial charge in [-0.15, -0.1) is 0 Å². The highest BCUT2D eigenvalue weighted by molar-refractivity contribution is 4.86. The molecule has 0 amide bonds. The fourth-order valence-electron chi connectivity index (χ4n) is 3.52. The van der Waals surface area contributed by atoms with Crippen LogP contribution in [0.1, 0.15) is 72.1 Å². The van der Waals surface area contributed by atoms with Crippen LogP contribution in [0.2, 0.25) is 0 Å². The van der Waals surface area contributed by atoms with Crippen LogP contribution in [0, 0.1) is 5.92 Å². The zero-order valence-electron chi connectivity index (χ0n) is 14.7. The molecular formula is C18H38N2O. The van der Waals surface area contributed by atoms with E-state index in [0.29, 0.717) is 0 Å². The molecule has 2 unspecified atom stereocenters. The van der Waals surface area contributed by atoms with E-state index in [-0.39, 0.29) is 12.1 Å². The Morgan fingerprint density at radius 3 is 2.62 bits per heavy atom. The molecular weight excluding hydrogens is 260 g/mol. The van der Waals surface area contributed by atoms with Crippen LogP contribution in [0.4, 0.5) is 0 Å². The maximum atomic E-state index is 9.78. The molecule has 0 saturated carbocycles. The number of rotatable bonds is 10. The predicted molar refractivity (Wildman–Crippen MR) is 91.7 cm³/mol. The summed E-state index contributed by atoms with van der Waals surface area (Å²) in [5, 5.41) is 13.4. The van der Waals surface area contributed by atoms with E-state index < -0.39 is 0 Å². The average Bonchev–Trinajstić information content (AvgIpc) is 2.76. The average molecular weight is 299 g/mol. The van der Waals surface area contributed by atoms with Crippen molar-refractivity contribution in [3.8, 4) is 0 Å². The Morgan fingerprint density at radius 2 is 2.00 bits per heavy atom. The summed E-state index contributed by atoms with van der Waals surface area (Å²) in [5.41, 5.74) is -0.0478. The summed E-state index contributed by atoms with van der Waals surface area (Å²) in [7, 11) is 0. The Kier molecular flexibility index (Phi) is 9.54. The summed E-state index contributed by atoms with van der Waals surface area (Å²) in [4.78, 5) is 2.65. The lowest BCUT2D eigenvalue weighted by atomic mass is 9.91. The van der Waals surface area contributed by atoms with E-state index in [1.165, 1.54) is 51.7 Å². The molecule has 1 heterocycles. The topological polar surface area (TPSA) is 35.5 Å². The maximum absolute atomic E-state index is 9.78. The highest BCUT2D eigenvalue weighted by Gasteiger charge is 2.26. The van der Waals surface area contributed by atoms with Crippen LogP contribution >= 0.6 is 0 Å². The van der Waals surface area contributed by atoms with Crippen molar-refractivity contribution in [2.75, 3.05) is 32.8 Å². The molecule has 0 aromatic carbocycles. The van der Waals surface area contributed by atoms with Gasteiger partial charge in [0, 0.05) is 5.54 Å². The normalized spacial score (nSPS) is 23.7. The molecule has 3 heteroatoms. The van der Waals surface area contributed by atoms with E-state index in [1.54, 1.807) is 0 Å². The van der Waals surface area contributed by atoms with E-state index in [1.807, 2.05) is 0 Å². The molecule has 3 nitrogen and oxygen atoms in total. The fourth-order valence-corrected chi connectivity index (χ4v) is 3.52. The van der Waals surface area contributed by atoms with Crippen molar-refractivity contribution in [1.29, 1.82) is 0 Å². The molecule has 1 aliphatic rings. The number of aliphatic hydroxyl groups is 1. The molecule has 126 valence electrons. The number of nitrogens with one attached hydrogen (secondary N) is 1. The zero-order valence-corrected chi connectivity index (χ0v) is 14.7. The second-order valence-electron chi connectivity index (χ2n) is 6.87. The molecule has 0 radical (unpaired) electrons. The Bertz CT molecular complexity index is 254. The van der Waals surface area contributed by atoms with Gasteiger partial charge in [-0.3, -0.25) is 0 Å². The summed E-state index contributed by atoms with van der Waals surface area (Å²) in [6, 6.07) is 0. The van der Waals surface area contributed by atoms with Crippen molar-refractivity contribution in [1.82, 2.24) is 10.2 Å². The van der Waals surface area contributed by atoms with Gasteiger partial charge >= 0.3 is 0 Å². The van der Waals surface area contributed by atoms with Crippen LogP contribution < -0.4 is 5.32 Å². The SMILES string of the molecule is CCCNC(CC)(CO)CCCN1CCCC(CC)CC1. The Balaban J connectivity index is 2.32. The maximum Gasteiger partial charge on any atom is 0.0613 e. The largest absolute Gasteiger partial charge is 0.394 e. The van der Waals surface area contributed by atoms with Gasteiger partial charge < -0.3 is 15.3 Å². The molecule has 2 N–H and O–H groups in total. The van der Waals surface area contributed by atoms with Gasteiger partial charge in [-0.05, 0) is 77.0 Å². The molecule has 0 spiro atoms. The number of hydrogen-bond acceptors (Lipinski definition) is 3. The summed E-state index contributed by atoms with van der Waals surface area (Å²) < 4.78 is 0. The Morgan fingerprint density at radius 1 is 1.19 bits per heavy atom. The molecule has 1 rings (SSSR count). The molecule has 1 aliphatic heterocycles. The molecule has 1 fully saturated rings. The highest BCUT2D eigenvalue weighted by Crippen LogP contribution is 2.22. The molecule has 0 aliphatic carbocycles. The molecule has 0 aromatic heterocycles. The van der Waals surface area contributed by atoms with Crippen molar-refractivity contribution in [3.63, 3.8) is 0 Å². The van der Waals surface area contributed by atoms with Crippen molar-refractivity contribution >= 4 is 0 Å². The van der Waals surface area contributed by atoms with Crippen molar-refractivity contribution < 1.29 is 5.11 Å². The molecule has 0 aromatic rings. The lowest BCUT2D eigenvalue weighted by Gasteiger charge is -2.33. The van der Waals surface area contributed by atoms with E-state index in [9.17, 15) is 5.11 Å². The fraction of sp³-hybridized carbons (Fsp3) is 1.00. The monoisotopic (exact) mass is 298 g/mol. The first-order valence-corrected chi connectivity index (χ1v) is 9.28. The third-order valence-electron chi connectivity index (χ3n) is 5.38. The van der Waals surface area contributed by atoms with Crippen LogP contribution in [0.5, 0.6) is 0 Å². The third kappa shape index (κ3) is 6.66. The van der Waals surface area contributed by atoms with E-state index in [2.05, 4.69) is 31.0 Å². The van der Waals surface area contributed by atoms with Gasteiger partial charge in [0.25, 0.3) is 0 Å². The smallest absolute Gasteiger partial charge is 0.0613 e. The minimum absolute atomic E-state index is 0.0478. The van der Waals surface area contributed by atoms with Gasteiger partial charge in [-0.1, -0.05) is 27.2 Å². The highest BCUT2D eigenvalue weighted by atomic mass is 16.3. The summed E-state index contributed by atoms with van der Waals surface area (Å²) in [6.07, 6.45) is 9.94. The van der Waals surface area contributed by atoms with Crippen LogP contribution in [0.25, 0.3) is 0 Å². The minimum atomic E-state index is -0.0478. The number of nitrogens with zero attached hydrogens (tertiary/aromatic N) is 1. The lowest BCUT2D eigenvalue weighted by Crippen LogP contribution is -2.48. The second kappa shape index (κ2) is 10.6. The van der Waals surface area contributed by atoms with Gasteiger partial charge in [-0.2, -0.15) is 0 Å². The summed E-state index contributed by atoms with van der Waals surface area (Å²) in [5.74, 6) is 0.952. The Labute approximate surface area is 132 Å². The first-order chi connectivity index (χ1) is 10.2. The van der Waals surface area contributed by atoms with Gasteiger partial charge in [0.15, 0.2) is 0 Å². The first-order valence-electron chi connectivity index (χ1n) is 9.28. The quantitative estimate of drug-likeness (QED) is 0.649. The minimum Gasteiger partial charge on any atom is -0.394 e. The number of likely N-dealkylation sites (tertiary alicyclic amines) is 1.